The maximum absolute atomic E-state index is 5.97. The highest BCUT2D eigenvalue weighted by Crippen LogP contribution is 2.15. The highest BCUT2D eigenvalue weighted by atomic mass is 35.5. The number of nitrogens with zero attached hydrogens (tertiary/aromatic N) is 3. The molecule has 0 spiro atoms. The van der Waals surface area contributed by atoms with Crippen LogP contribution in [0.3, 0.4) is 0 Å². The first-order valence-corrected chi connectivity index (χ1v) is 6.87. The molecule has 1 unspecified atom stereocenters. The third-order valence-electron chi connectivity index (χ3n) is 2.98. The van der Waals surface area contributed by atoms with Gasteiger partial charge in [-0.1, -0.05) is 13.8 Å². The SMILES string of the molecule is CCC(CC)n1ccc(CN(C)CC(C)Cl)n1. The molecule has 0 saturated carbocycles. The molecular weight excluding hydrogens is 234 g/mol. The quantitative estimate of drug-likeness (QED) is 0.699. The van der Waals surface area contributed by atoms with Crippen LogP contribution in [0.4, 0.5) is 0 Å². The van der Waals surface area contributed by atoms with Gasteiger partial charge in [-0.05, 0) is 32.9 Å². The van der Waals surface area contributed by atoms with Gasteiger partial charge in [-0.2, -0.15) is 5.10 Å². The first-order valence-electron chi connectivity index (χ1n) is 6.43. The van der Waals surface area contributed by atoms with Gasteiger partial charge < -0.3 is 0 Å². The Hall–Kier alpha value is -0.540. The molecule has 1 aromatic rings. The standard InChI is InChI=1S/C13H24ClN3/c1-5-13(6-2)17-8-7-12(15-17)10-16(4)9-11(3)14/h7-8,11,13H,5-6,9-10H2,1-4H3. The summed E-state index contributed by atoms with van der Waals surface area (Å²) in [6, 6.07) is 2.63. The van der Waals surface area contributed by atoms with Gasteiger partial charge in [0, 0.05) is 24.7 Å². The molecule has 4 heteroatoms. The summed E-state index contributed by atoms with van der Waals surface area (Å²) < 4.78 is 2.09. The molecule has 0 aromatic carbocycles. The Morgan fingerprint density at radius 2 is 2.06 bits per heavy atom. The molecule has 0 N–H and O–H groups in total. The minimum Gasteiger partial charge on any atom is -0.299 e. The van der Waals surface area contributed by atoms with E-state index in [-0.39, 0.29) is 5.38 Å². The summed E-state index contributed by atoms with van der Waals surface area (Å²) in [5.41, 5.74) is 1.12. The highest BCUT2D eigenvalue weighted by molar-refractivity contribution is 6.20. The second kappa shape index (κ2) is 7.02. The molecule has 0 radical (unpaired) electrons. The van der Waals surface area contributed by atoms with Crippen LogP contribution in [0.2, 0.25) is 0 Å². The van der Waals surface area contributed by atoms with Crippen molar-refractivity contribution >= 4 is 11.6 Å². The Labute approximate surface area is 110 Å². The summed E-state index contributed by atoms with van der Waals surface area (Å²) in [4.78, 5) is 2.21. The second-order valence-electron chi connectivity index (χ2n) is 4.73. The lowest BCUT2D eigenvalue weighted by molar-refractivity contribution is 0.321. The van der Waals surface area contributed by atoms with Crippen LogP contribution >= 0.6 is 11.6 Å². The number of halogens is 1. The normalized spacial score (nSPS) is 13.6. The van der Waals surface area contributed by atoms with Gasteiger partial charge in [0.05, 0.1) is 11.7 Å². The number of alkyl halides is 1. The fourth-order valence-corrected chi connectivity index (χ4v) is 2.33. The molecule has 1 heterocycles. The maximum Gasteiger partial charge on any atom is 0.0764 e. The highest BCUT2D eigenvalue weighted by Gasteiger charge is 2.10. The average molecular weight is 258 g/mol. The molecule has 98 valence electrons. The van der Waals surface area contributed by atoms with Crippen LogP contribution in [0.25, 0.3) is 0 Å². The topological polar surface area (TPSA) is 21.1 Å². The second-order valence-corrected chi connectivity index (χ2v) is 5.48. The van der Waals surface area contributed by atoms with E-state index in [1.165, 1.54) is 0 Å². The van der Waals surface area contributed by atoms with Gasteiger partial charge in [0.1, 0.15) is 0 Å². The lowest BCUT2D eigenvalue weighted by Crippen LogP contribution is -2.24. The van der Waals surface area contributed by atoms with Gasteiger partial charge in [0.2, 0.25) is 0 Å². The lowest BCUT2D eigenvalue weighted by Gasteiger charge is -2.17. The maximum atomic E-state index is 5.97. The first-order chi connectivity index (χ1) is 8.06. The van der Waals surface area contributed by atoms with E-state index >= 15 is 0 Å². The minimum absolute atomic E-state index is 0.182. The van der Waals surface area contributed by atoms with Gasteiger partial charge in [-0.25, -0.2) is 0 Å². The van der Waals surface area contributed by atoms with Crippen molar-refractivity contribution in [2.45, 2.75) is 51.6 Å². The fraction of sp³-hybridized carbons (Fsp3) is 0.769. The Balaban J connectivity index is 2.56. The van der Waals surface area contributed by atoms with E-state index in [0.29, 0.717) is 6.04 Å². The molecule has 0 fully saturated rings. The zero-order valence-corrected chi connectivity index (χ0v) is 12.1. The van der Waals surface area contributed by atoms with Crippen LogP contribution in [0.15, 0.2) is 12.3 Å². The van der Waals surface area contributed by atoms with E-state index in [2.05, 4.69) is 47.8 Å². The van der Waals surface area contributed by atoms with Gasteiger partial charge >= 0.3 is 0 Å². The smallest absolute Gasteiger partial charge is 0.0764 e. The molecule has 0 aliphatic heterocycles. The molecule has 0 bridgehead atoms. The van der Waals surface area contributed by atoms with E-state index in [0.717, 1.165) is 31.6 Å². The molecule has 0 aliphatic carbocycles. The summed E-state index contributed by atoms with van der Waals surface area (Å²) in [5, 5.41) is 4.81. The third kappa shape index (κ3) is 4.68. The van der Waals surface area contributed by atoms with Crippen molar-refractivity contribution < 1.29 is 0 Å². The van der Waals surface area contributed by atoms with Crippen molar-refractivity contribution in [3.05, 3.63) is 18.0 Å². The Morgan fingerprint density at radius 1 is 1.41 bits per heavy atom. The molecule has 0 amide bonds. The molecule has 0 saturated heterocycles. The van der Waals surface area contributed by atoms with Crippen molar-refractivity contribution in [3.8, 4) is 0 Å². The molecule has 1 atom stereocenters. The monoisotopic (exact) mass is 257 g/mol. The summed E-state index contributed by atoms with van der Waals surface area (Å²) in [7, 11) is 2.08. The number of aromatic nitrogens is 2. The predicted molar refractivity (Wildman–Crippen MR) is 73.5 cm³/mol. The van der Waals surface area contributed by atoms with E-state index < -0.39 is 0 Å². The fourth-order valence-electron chi connectivity index (χ4n) is 2.10. The molecule has 3 nitrogen and oxygen atoms in total. The molecule has 1 aromatic heterocycles. The Bertz CT molecular complexity index is 318. The largest absolute Gasteiger partial charge is 0.299 e. The number of rotatable bonds is 7. The van der Waals surface area contributed by atoms with Crippen molar-refractivity contribution in [1.29, 1.82) is 0 Å². The Morgan fingerprint density at radius 3 is 2.59 bits per heavy atom. The molecule has 0 aliphatic rings. The number of hydrogen-bond donors (Lipinski definition) is 0. The van der Waals surface area contributed by atoms with E-state index in [9.17, 15) is 0 Å². The van der Waals surface area contributed by atoms with Crippen LogP contribution in [-0.2, 0) is 6.54 Å². The van der Waals surface area contributed by atoms with E-state index in [4.69, 9.17) is 11.6 Å². The van der Waals surface area contributed by atoms with Crippen LogP contribution in [0, 0.1) is 0 Å². The van der Waals surface area contributed by atoms with Gasteiger partial charge in [-0.15, -0.1) is 11.6 Å². The van der Waals surface area contributed by atoms with Gasteiger partial charge in [0.15, 0.2) is 0 Å². The van der Waals surface area contributed by atoms with Crippen LogP contribution in [0.1, 0.15) is 45.3 Å². The van der Waals surface area contributed by atoms with Crippen LogP contribution in [-0.4, -0.2) is 33.6 Å². The summed E-state index contributed by atoms with van der Waals surface area (Å²) in [6.45, 7) is 8.18. The van der Waals surface area contributed by atoms with Crippen molar-refractivity contribution in [1.82, 2.24) is 14.7 Å². The summed E-state index contributed by atoms with van der Waals surface area (Å²) in [6.07, 6.45) is 4.35. The van der Waals surface area contributed by atoms with Crippen molar-refractivity contribution in [2.75, 3.05) is 13.6 Å². The van der Waals surface area contributed by atoms with Gasteiger partial charge in [-0.3, -0.25) is 9.58 Å². The van der Waals surface area contributed by atoms with E-state index in [1.807, 2.05) is 6.92 Å². The summed E-state index contributed by atoms with van der Waals surface area (Å²) in [5.74, 6) is 0. The Kier molecular flexibility index (Phi) is 6.00. The van der Waals surface area contributed by atoms with Crippen LogP contribution in [0.5, 0.6) is 0 Å². The summed E-state index contributed by atoms with van der Waals surface area (Å²) >= 11 is 5.97. The minimum atomic E-state index is 0.182. The molecular formula is C13H24ClN3. The van der Waals surface area contributed by atoms with Gasteiger partial charge in [0.25, 0.3) is 0 Å². The van der Waals surface area contributed by atoms with Crippen molar-refractivity contribution in [3.63, 3.8) is 0 Å². The average Bonchev–Trinajstić information content (AvgIpc) is 2.67. The lowest BCUT2D eigenvalue weighted by atomic mass is 10.2. The van der Waals surface area contributed by atoms with Crippen LogP contribution < -0.4 is 0 Å². The van der Waals surface area contributed by atoms with Crippen molar-refractivity contribution in [2.24, 2.45) is 0 Å². The zero-order valence-electron chi connectivity index (χ0n) is 11.4. The predicted octanol–water partition coefficient (Wildman–Crippen LogP) is 3.30. The first kappa shape index (κ1) is 14.5. The van der Waals surface area contributed by atoms with E-state index in [1.54, 1.807) is 0 Å². The molecule has 1 rings (SSSR count). The zero-order chi connectivity index (χ0) is 12.8. The third-order valence-corrected chi connectivity index (χ3v) is 3.11. The molecule has 17 heavy (non-hydrogen) atoms. The number of hydrogen-bond acceptors (Lipinski definition) is 2.